The highest BCUT2D eigenvalue weighted by atomic mass is 16.2. The van der Waals surface area contributed by atoms with Crippen molar-refractivity contribution in [2.24, 2.45) is 0 Å². The van der Waals surface area contributed by atoms with Gasteiger partial charge in [0.1, 0.15) is 0 Å². The van der Waals surface area contributed by atoms with Crippen LogP contribution in [0.25, 0.3) is 0 Å². The minimum absolute atomic E-state index is 0.232. The fourth-order valence-electron chi connectivity index (χ4n) is 2.98. The van der Waals surface area contributed by atoms with Crippen LogP contribution in [0.15, 0.2) is 60.7 Å². The van der Waals surface area contributed by atoms with Crippen molar-refractivity contribution in [3.05, 3.63) is 71.8 Å². The molecule has 0 aliphatic carbocycles. The number of amides is 2. The monoisotopic (exact) mass is 308 g/mol. The van der Waals surface area contributed by atoms with Crippen LogP contribution in [0, 0.1) is 0 Å². The zero-order valence-electron chi connectivity index (χ0n) is 12.9. The molecule has 1 atom stereocenters. The molecule has 2 aromatic carbocycles. The molecule has 1 unspecified atom stereocenters. The molecule has 0 radical (unpaired) electrons. The third-order valence-electron chi connectivity index (χ3n) is 4.15. The summed E-state index contributed by atoms with van der Waals surface area (Å²) < 4.78 is 0. The first-order valence-corrected chi connectivity index (χ1v) is 7.93. The lowest BCUT2D eigenvalue weighted by atomic mass is 9.90. The number of carbonyl (C=O) groups excluding carboxylic acids is 2. The van der Waals surface area contributed by atoms with Crippen LogP contribution >= 0.6 is 0 Å². The molecule has 0 spiro atoms. The Kier molecular flexibility index (Phi) is 4.83. The van der Waals surface area contributed by atoms with Crippen molar-refractivity contribution in [2.75, 3.05) is 6.54 Å². The lowest BCUT2D eigenvalue weighted by Gasteiger charge is -2.18. The van der Waals surface area contributed by atoms with E-state index < -0.39 is 5.92 Å². The highest BCUT2D eigenvalue weighted by Gasteiger charge is 2.28. The molecule has 2 amide bonds. The fourth-order valence-corrected chi connectivity index (χ4v) is 2.98. The van der Waals surface area contributed by atoms with Crippen molar-refractivity contribution in [1.29, 1.82) is 0 Å². The quantitative estimate of drug-likeness (QED) is 0.910. The molecule has 0 saturated carbocycles. The van der Waals surface area contributed by atoms with Crippen molar-refractivity contribution in [3.8, 4) is 0 Å². The highest BCUT2D eigenvalue weighted by molar-refractivity contribution is 6.01. The summed E-state index contributed by atoms with van der Waals surface area (Å²) in [5.74, 6) is -0.992. The molecule has 4 nitrogen and oxygen atoms in total. The first kappa shape index (κ1) is 15.4. The summed E-state index contributed by atoms with van der Waals surface area (Å²) in [6.07, 6.45) is 1.74. The van der Waals surface area contributed by atoms with E-state index in [2.05, 4.69) is 10.6 Å². The minimum atomic E-state index is -0.484. The number of nitrogens with one attached hydrogen (secondary N) is 2. The summed E-state index contributed by atoms with van der Waals surface area (Å²) in [6, 6.07) is 18.8. The van der Waals surface area contributed by atoms with E-state index in [0.717, 1.165) is 30.5 Å². The Hall–Kier alpha value is -2.46. The maximum absolute atomic E-state index is 12.8. The van der Waals surface area contributed by atoms with Gasteiger partial charge < -0.3 is 5.32 Å². The molecular weight excluding hydrogens is 288 g/mol. The molecule has 1 aliphatic rings. The third-order valence-corrected chi connectivity index (χ3v) is 4.15. The van der Waals surface area contributed by atoms with E-state index in [1.807, 2.05) is 60.7 Å². The van der Waals surface area contributed by atoms with Crippen LogP contribution in [0.5, 0.6) is 0 Å². The smallest absolute Gasteiger partial charge is 0.243 e. The Morgan fingerprint density at radius 3 is 2.00 bits per heavy atom. The van der Waals surface area contributed by atoms with Gasteiger partial charge in [0.05, 0.1) is 12.0 Å². The summed E-state index contributed by atoms with van der Waals surface area (Å²) in [5.41, 5.74) is 1.76. The first-order valence-electron chi connectivity index (χ1n) is 7.93. The van der Waals surface area contributed by atoms with Gasteiger partial charge in [0.2, 0.25) is 11.8 Å². The van der Waals surface area contributed by atoms with Crippen molar-refractivity contribution in [3.63, 3.8) is 0 Å². The Morgan fingerprint density at radius 2 is 1.52 bits per heavy atom. The van der Waals surface area contributed by atoms with Crippen LogP contribution in [0.1, 0.15) is 29.9 Å². The summed E-state index contributed by atoms with van der Waals surface area (Å²) in [6.45, 7) is 0.826. The van der Waals surface area contributed by atoms with Crippen LogP contribution in [0.3, 0.4) is 0 Å². The second kappa shape index (κ2) is 7.20. The molecule has 1 saturated heterocycles. The average Bonchev–Trinajstić information content (AvgIpc) is 3.12. The molecule has 1 fully saturated rings. The van der Waals surface area contributed by atoms with Crippen molar-refractivity contribution >= 4 is 11.8 Å². The number of carbonyl (C=O) groups is 2. The molecule has 1 heterocycles. The number of hydrogen-bond donors (Lipinski definition) is 2. The molecule has 0 bridgehead atoms. The van der Waals surface area contributed by atoms with E-state index in [4.69, 9.17) is 0 Å². The van der Waals surface area contributed by atoms with Gasteiger partial charge in [-0.05, 0) is 30.5 Å². The standard InChI is InChI=1S/C19H20N2O2/c22-18(16-12-7-13-20-16)21-19(23)17(14-8-3-1-4-9-14)15-10-5-2-6-11-15/h1-6,8-11,16-17,20H,7,12-13H2,(H,21,22,23). The molecule has 0 aromatic heterocycles. The van der Waals surface area contributed by atoms with Crippen molar-refractivity contribution in [1.82, 2.24) is 10.6 Å². The molecule has 1 aliphatic heterocycles. The normalized spacial score (nSPS) is 17.2. The molecule has 118 valence electrons. The van der Waals surface area contributed by atoms with Crippen LogP contribution < -0.4 is 10.6 Å². The average molecular weight is 308 g/mol. The van der Waals surface area contributed by atoms with Gasteiger partial charge in [0, 0.05) is 0 Å². The van der Waals surface area contributed by atoms with Gasteiger partial charge in [-0.2, -0.15) is 0 Å². The first-order chi connectivity index (χ1) is 11.3. The lowest BCUT2D eigenvalue weighted by molar-refractivity contribution is -0.131. The molecule has 2 N–H and O–H groups in total. The summed E-state index contributed by atoms with van der Waals surface area (Å²) in [4.78, 5) is 25.0. The van der Waals surface area contributed by atoms with Crippen LogP contribution in [-0.2, 0) is 9.59 Å². The third kappa shape index (κ3) is 3.66. The van der Waals surface area contributed by atoms with Gasteiger partial charge in [-0.25, -0.2) is 0 Å². The predicted molar refractivity (Wildman–Crippen MR) is 88.9 cm³/mol. The molecule has 2 aromatic rings. The van der Waals surface area contributed by atoms with Gasteiger partial charge >= 0.3 is 0 Å². The Labute approximate surface area is 135 Å². The van der Waals surface area contributed by atoms with Crippen LogP contribution in [0.2, 0.25) is 0 Å². The summed E-state index contributed by atoms with van der Waals surface area (Å²) >= 11 is 0. The SMILES string of the molecule is O=C(NC(=O)C(c1ccccc1)c1ccccc1)C1CCCN1. The van der Waals surface area contributed by atoms with Crippen LogP contribution in [-0.4, -0.2) is 24.4 Å². The highest BCUT2D eigenvalue weighted by Crippen LogP contribution is 2.24. The zero-order valence-corrected chi connectivity index (χ0v) is 12.9. The Balaban J connectivity index is 1.83. The topological polar surface area (TPSA) is 58.2 Å². The van der Waals surface area contributed by atoms with E-state index in [0.29, 0.717) is 0 Å². The largest absolute Gasteiger partial charge is 0.306 e. The second-order valence-corrected chi connectivity index (χ2v) is 5.76. The van der Waals surface area contributed by atoms with Gasteiger partial charge in [-0.3, -0.25) is 14.9 Å². The van der Waals surface area contributed by atoms with Gasteiger partial charge in [0.25, 0.3) is 0 Å². The van der Waals surface area contributed by atoms with E-state index in [1.54, 1.807) is 0 Å². The molecular formula is C19H20N2O2. The van der Waals surface area contributed by atoms with Gasteiger partial charge in [-0.1, -0.05) is 60.7 Å². The Bertz CT molecular complexity index is 625. The zero-order chi connectivity index (χ0) is 16.1. The van der Waals surface area contributed by atoms with Crippen molar-refractivity contribution < 1.29 is 9.59 Å². The maximum Gasteiger partial charge on any atom is 0.243 e. The number of imide groups is 1. The van der Waals surface area contributed by atoms with Crippen molar-refractivity contribution in [2.45, 2.75) is 24.8 Å². The maximum atomic E-state index is 12.8. The summed E-state index contributed by atoms with van der Waals surface area (Å²) in [5, 5.41) is 5.69. The van der Waals surface area contributed by atoms with Gasteiger partial charge in [0.15, 0.2) is 0 Å². The van der Waals surface area contributed by atoms with E-state index in [-0.39, 0.29) is 17.9 Å². The number of hydrogen-bond acceptors (Lipinski definition) is 3. The second-order valence-electron chi connectivity index (χ2n) is 5.76. The van der Waals surface area contributed by atoms with Gasteiger partial charge in [-0.15, -0.1) is 0 Å². The molecule has 23 heavy (non-hydrogen) atoms. The van der Waals surface area contributed by atoms with E-state index in [9.17, 15) is 9.59 Å². The van der Waals surface area contributed by atoms with E-state index >= 15 is 0 Å². The fraction of sp³-hybridized carbons (Fsp3) is 0.263. The Morgan fingerprint density at radius 1 is 0.957 bits per heavy atom. The number of rotatable bonds is 4. The number of benzene rings is 2. The van der Waals surface area contributed by atoms with Crippen LogP contribution in [0.4, 0.5) is 0 Å². The van der Waals surface area contributed by atoms with E-state index in [1.165, 1.54) is 0 Å². The minimum Gasteiger partial charge on any atom is -0.306 e. The predicted octanol–water partition coefficient (Wildman–Crippen LogP) is 2.21. The lowest BCUT2D eigenvalue weighted by Crippen LogP contribution is -2.45. The molecule has 3 rings (SSSR count). The summed E-state index contributed by atoms with van der Waals surface area (Å²) in [7, 11) is 0. The molecule has 4 heteroatoms.